The van der Waals surface area contributed by atoms with Crippen LogP contribution in [-0.2, 0) is 0 Å². The fourth-order valence-electron chi connectivity index (χ4n) is 1.32. The van der Waals surface area contributed by atoms with Gasteiger partial charge in [0.15, 0.2) is 11.6 Å². The summed E-state index contributed by atoms with van der Waals surface area (Å²) in [6.07, 6.45) is 1.55. The molecule has 0 saturated heterocycles. The van der Waals surface area contributed by atoms with E-state index in [9.17, 15) is 13.6 Å². The van der Waals surface area contributed by atoms with E-state index in [0.717, 1.165) is 17.7 Å². The monoisotopic (exact) mass is 252 g/mol. The third kappa shape index (κ3) is 2.62. The minimum atomic E-state index is -1.02. The third-order valence-corrected chi connectivity index (χ3v) is 2.24. The highest BCUT2D eigenvalue weighted by molar-refractivity contribution is 5.99. The number of aromatic amines is 1. The van der Waals surface area contributed by atoms with Crippen molar-refractivity contribution in [2.24, 2.45) is 0 Å². The Morgan fingerprint density at radius 3 is 2.67 bits per heavy atom. The Balaban J connectivity index is 2.03. The van der Waals surface area contributed by atoms with Gasteiger partial charge in [-0.3, -0.25) is 10.4 Å². The number of amides is 2. The van der Waals surface area contributed by atoms with Crippen LogP contribution < -0.4 is 10.6 Å². The molecule has 2 rings (SSSR count). The summed E-state index contributed by atoms with van der Waals surface area (Å²) in [4.78, 5) is 11.5. The van der Waals surface area contributed by atoms with Crippen molar-refractivity contribution in [1.82, 2.24) is 10.2 Å². The predicted octanol–water partition coefficient (Wildman–Crippen LogP) is 2.64. The van der Waals surface area contributed by atoms with Crippen LogP contribution in [0, 0.1) is 18.6 Å². The van der Waals surface area contributed by atoms with E-state index in [1.807, 2.05) is 0 Å². The van der Waals surface area contributed by atoms with Gasteiger partial charge in [-0.25, -0.2) is 13.6 Å². The first-order valence-electron chi connectivity index (χ1n) is 5.09. The standard InChI is InChI=1S/C11H10F2N4O/c1-6-5-14-17-10(6)16-11(18)15-7-2-3-8(12)9(13)4-7/h2-5H,1H3,(H3,14,15,16,17,18). The first-order chi connectivity index (χ1) is 8.56. The van der Waals surface area contributed by atoms with Crippen LogP contribution in [0.1, 0.15) is 5.56 Å². The zero-order valence-corrected chi connectivity index (χ0v) is 9.42. The van der Waals surface area contributed by atoms with Crippen molar-refractivity contribution in [2.75, 3.05) is 10.6 Å². The number of hydrogen-bond donors (Lipinski definition) is 3. The molecule has 0 bridgehead atoms. The van der Waals surface area contributed by atoms with Crippen LogP contribution in [0.5, 0.6) is 0 Å². The molecule has 3 N–H and O–H groups in total. The van der Waals surface area contributed by atoms with Crippen LogP contribution in [0.25, 0.3) is 0 Å². The number of hydrogen-bond acceptors (Lipinski definition) is 2. The molecule has 0 aliphatic heterocycles. The van der Waals surface area contributed by atoms with Crippen molar-refractivity contribution in [2.45, 2.75) is 6.92 Å². The maximum absolute atomic E-state index is 12.9. The highest BCUT2D eigenvalue weighted by atomic mass is 19.2. The molecule has 0 unspecified atom stereocenters. The van der Waals surface area contributed by atoms with Crippen molar-refractivity contribution in [1.29, 1.82) is 0 Å². The van der Waals surface area contributed by atoms with Gasteiger partial charge in [-0.15, -0.1) is 0 Å². The van der Waals surface area contributed by atoms with Crippen LogP contribution in [0.4, 0.5) is 25.1 Å². The summed E-state index contributed by atoms with van der Waals surface area (Å²) >= 11 is 0. The van der Waals surface area contributed by atoms with E-state index in [4.69, 9.17) is 0 Å². The second-order valence-corrected chi connectivity index (χ2v) is 3.64. The minimum Gasteiger partial charge on any atom is -0.308 e. The fraction of sp³-hybridized carbons (Fsp3) is 0.0909. The van der Waals surface area contributed by atoms with E-state index in [2.05, 4.69) is 20.8 Å². The average molecular weight is 252 g/mol. The molecule has 1 aromatic heterocycles. The lowest BCUT2D eigenvalue weighted by Gasteiger charge is -2.06. The molecule has 0 aliphatic rings. The van der Waals surface area contributed by atoms with Gasteiger partial charge in [0.2, 0.25) is 0 Å². The summed E-state index contributed by atoms with van der Waals surface area (Å²) in [5.74, 6) is -1.55. The fourth-order valence-corrected chi connectivity index (χ4v) is 1.32. The van der Waals surface area contributed by atoms with Crippen LogP contribution in [0.15, 0.2) is 24.4 Å². The number of urea groups is 1. The van der Waals surface area contributed by atoms with E-state index in [0.29, 0.717) is 5.82 Å². The molecule has 2 aromatic rings. The highest BCUT2D eigenvalue weighted by Gasteiger charge is 2.08. The summed E-state index contributed by atoms with van der Waals surface area (Å²) in [7, 11) is 0. The molecule has 1 aromatic carbocycles. The molecule has 0 fully saturated rings. The number of rotatable bonds is 2. The Bertz CT molecular complexity index is 582. The summed E-state index contributed by atoms with van der Waals surface area (Å²) in [5, 5.41) is 11.2. The van der Waals surface area contributed by atoms with E-state index >= 15 is 0 Å². The van der Waals surface area contributed by atoms with Crippen LogP contribution >= 0.6 is 0 Å². The number of H-pyrrole nitrogens is 1. The van der Waals surface area contributed by atoms with Crippen molar-refractivity contribution in [3.05, 3.63) is 41.6 Å². The smallest absolute Gasteiger partial charge is 0.308 e. The van der Waals surface area contributed by atoms with E-state index in [-0.39, 0.29) is 5.69 Å². The normalized spacial score (nSPS) is 10.2. The second-order valence-electron chi connectivity index (χ2n) is 3.64. The SMILES string of the molecule is Cc1cn[nH]c1NC(=O)Nc1ccc(F)c(F)c1. The Morgan fingerprint density at radius 1 is 1.28 bits per heavy atom. The molecular weight excluding hydrogens is 242 g/mol. The second kappa shape index (κ2) is 4.82. The molecule has 18 heavy (non-hydrogen) atoms. The molecule has 0 aliphatic carbocycles. The number of nitrogens with zero attached hydrogens (tertiary/aromatic N) is 1. The summed E-state index contributed by atoms with van der Waals surface area (Å²) in [6, 6.07) is 2.52. The largest absolute Gasteiger partial charge is 0.324 e. The molecule has 0 atom stereocenters. The first kappa shape index (κ1) is 12.0. The zero-order valence-electron chi connectivity index (χ0n) is 9.42. The number of aromatic nitrogens is 2. The molecular formula is C11H10F2N4O. The van der Waals surface area contributed by atoms with Gasteiger partial charge in [0.1, 0.15) is 5.82 Å². The molecule has 7 heteroatoms. The summed E-state index contributed by atoms with van der Waals surface area (Å²) in [6.45, 7) is 1.76. The van der Waals surface area contributed by atoms with Crippen LogP contribution in [-0.4, -0.2) is 16.2 Å². The van der Waals surface area contributed by atoms with Crippen molar-refractivity contribution >= 4 is 17.5 Å². The van der Waals surface area contributed by atoms with Gasteiger partial charge in [-0.05, 0) is 19.1 Å². The number of aryl methyl sites for hydroxylation is 1. The number of halogens is 2. The molecule has 0 spiro atoms. The van der Waals surface area contributed by atoms with Crippen molar-refractivity contribution < 1.29 is 13.6 Å². The number of nitrogens with one attached hydrogen (secondary N) is 3. The van der Waals surface area contributed by atoms with Gasteiger partial charge in [-0.1, -0.05) is 0 Å². The van der Waals surface area contributed by atoms with E-state index < -0.39 is 17.7 Å². The highest BCUT2D eigenvalue weighted by Crippen LogP contribution is 2.14. The third-order valence-electron chi connectivity index (χ3n) is 2.24. The molecule has 1 heterocycles. The Morgan fingerprint density at radius 2 is 2.06 bits per heavy atom. The van der Waals surface area contributed by atoms with Gasteiger partial charge in [-0.2, -0.15) is 5.10 Å². The topological polar surface area (TPSA) is 69.8 Å². The summed E-state index contributed by atoms with van der Waals surface area (Å²) < 4.78 is 25.6. The molecule has 2 amide bonds. The van der Waals surface area contributed by atoms with Crippen LogP contribution in [0.2, 0.25) is 0 Å². The Kier molecular flexibility index (Phi) is 3.22. The number of benzene rings is 1. The summed E-state index contributed by atoms with van der Waals surface area (Å²) in [5.41, 5.74) is 0.916. The lowest BCUT2D eigenvalue weighted by molar-refractivity contribution is 0.262. The quantitative estimate of drug-likeness (QED) is 0.769. The lowest BCUT2D eigenvalue weighted by atomic mass is 10.3. The van der Waals surface area contributed by atoms with Crippen molar-refractivity contribution in [3.63, 3.8) is 0 Å². The molecule has 0 saturated carbocycles. The van der Waals surface area contributed by atoms with Gasteiger partial charge >= 0.3 is 6.03 Å². The van der Waals surface area contributed by atoms with Gasteiger partial charge in [0, 0.05) is 17.3 Å². The Hall–Kier alpha value is -2.44. The zero-order chi connectivity index (χ0) is 13.1. The van der Waals surface area contributed by atoms with Gasteiger partial charge in [0.05, 0.1) is 6.20 Å². The maximum atomic E-state index is 12.9. The minimum absolute atomic E-state index is 0.156. The first-order valence-corrected chi connectivity index (χ1v) is 5.09. The Labute approximate surface area is 101 Å². The maximum Gasteiger partial charge on any atom is 0.324 e. The van der Waals surface area contributed by atoms with Crippen molar-refractivity contribution in [3.8, 4) is 0 Å². The lowest BCUT2D eigenvalue weighted by Crippen LogP contribution is -2.20. The molecule has 0 radical (unpaired) electrons. The number of carbonyl (C=O) groups excluding carboxylic acids is 1. The molecule has 94 valence electrons. The van der Waals surface area contributed by atoms with E-state index in [1.54, 1.807) is 13.1 Å². The predicted molar refractivity (Wildman–Crippen MR) is 62.3 cm³/mol. The van der Waals surface area contributed by atoms with Gasteiger partial charge < -0.3 is 5.32 Å². The average Bonchev–Trinajstić information content (AvgIpc) is 2.70. The number of anilines is 2. The van der Waals surface area contributed by atoms with Gasteiger partial charge in [0.25, 0.3) is 0 Å². The van der Waals surface area contributed by atoms with Crippen LogP contribution in [0.3, 0.4) is 0 Å². The number of carbonyl (C=O) groups is 1. The van der Waals surface area contributed by atoms with E-state index in [1.165, 1.54) is 6.07 Å². The molecule has 5 nitrogen and oxygen atoms in total.